The number of rotatable bonds is 3. The Morgan fingerprint density at radius 3 is 2.56 bits per heavy atom. The summed E-state index contributed by atoms with van der Waals surface area (Å²) >= 11 is 3.39. The number of nitrogens with one attached hydrogen (secondary N) is 1. The minimum Gasteiger partial charge on any atom is -0.341 e. The number of hydrogen-bond donors (Lipinski definition) is 1. The first-order valence-electron chi connectivity index (χ1n) is 8.55. The number of carbonyl (C=O) groups excluding carboxylic acids is 3. The Morgan fingerprint density at radius 2 is 1.92 bits per heavy atom. The van der Waals surface area contributed by atoms with Gasteiger partial charge in [-0.3, -0.25) is 9.59 Å². The lowest BCUT2D eigenvalue weighted by molar-refractivity contribution is -0.143. The van der Waals surface area contributed by atoms with Crippen molar-refractivity contribution in [3.8, 4) is 0 Å². The monoisotopic (exact) mass is 407 g/mol. The zero-order valence-electron chi connectivity index (χ0n) is 14.4. The molecular formula is C18H22BrN3O3. The number of hydrogen-bond acceptors (Lipinski definition) is 3. The maximum atomic E-state index is 13.0. The molecule has 0 spiro atoms. The van der Waals surface area contributed by atoms with Crippen molar-refractivity contribution in [2.24, 2.45) is 0 Å². The van der Waals surface area contributed by atoms with Gasteiger partial charge in [0.25, 0.3) is 5.91 Å². The van der Waals surface area contributed by atoms with Gasteiger partial charge in [-0.2, -0.15) is 0 Å². The van der Waals surface area contributed by atoms with Gasteiger partial charge in [-0.05, 0) is 50.8 Å². The molecule has 2 saturated heterocycles. The van der Waals surface area contributed by atoms with E-state index < -0.39 is 23.5 Å². The molecule has 1 aromatic rings. The number of amides is 4. The summed E-state index contributed by atoms with van der Waals surface area (Å²) < 4.78 is 0.823. The third-order valence-corrected chi connectivity index (χ3v) is 5.53. The molecule has 0 aliphatic carbocycles. The van der Waals surface area contributed by atoms with Gasteiger partial charge >= 0.3 is 6.03 Å². The third-order valence-electron chi connectivity index (χ3n) is 5.04. The number of likely N-dealkylation sites (tertiary alicyclic amines) is 1. The van der Waals surface area contributed by atoms with Crippen LogP contribution in [0.5, 0.6) is 0 Å². The molecule has 0 unspecified atom stereocenters. The summed E-state index contributed by atoms with van der Waals surface area (Å²) in [6.07, 6.45) is 3.05. The molecule has 3 rings (SSSR count). The molecule has 0 bridgehead atoms. The Morgan fingerprint density at radius 1 is 1.24 bits per heavy atom. The molecule has 2 atom stereocenters. The molecule has 2 aliphatic heterocycles. The minimum absolute atomic E-state index is 0.165. The summed E-state index contributed by atoms with van der Waals surface area (Å²) in [7, 11) is 0. The van der Waals surface area contributed by atoms with Crippen molar-refractivity contribution < 1.29 is 14.4 Å². The predicted molar refractivity (Wildman–Crippen MR) is 96.8 cm³/mol. The van der Waals surface area contributed by atoms with Gasteiger partial charge in [-0.1, -0.05) is 28.1 Å². The van der Waals surface area contributed by atoms with Gasteiger partial charge in [0, 0.05) is 17.6 Å². The lowest BCUT2D eigenvalue weighted by Gasteiger charge is -2.32. The molecule has 0 saturated carbocycles. The van der Waals surface area contributed by atoms with Gasteiger partial charge in [-0.15, -0.1) is 0 Å². The Kier molecular flexibility index (Phi) is 4.86. The van der Waals surface area contributed by atoms with E-state index in [1.54, 1.807) is 30.9 Å². The Hall–Kier alpha value is -1.89. The normalized spacial score (nSPS) is 25.1. The van der Waals surface area contributed by atoms with Gasteiger partial charge in [-0.25, -0.2) is 9.69 Å². The van der Waals surface area contributed by atoms with E-state index in [0.717, 1.165) is 28.6 Å². The van der Waals surface area contributed by atoms with Gasteiger partial charge < -0.3 is 10.2 Å². The molecule has 2 heterocycles. The van der Waals surface area contributed by atoms with Crippen molar-refractivity contribution >= 4 is 33.8 Å². The topological polar surface area (TPSA) is 69.7 Å². The van der Waals surface area contributed by atoms with E-state index in [2.05, 4.69) is 21.2 Å². The van der Waals surface area contributed by atoms with Crippen LogP contribution in [-0.4, -0.2) is 46.8 Å². The summed E-state index contributed by atoms with van der Waals surface area (Å²) in [5.41, 5.74) is -0.488. The summed E-state index contributed by atoms with van der Waals surface area (Å²) in [4.78, 5) is 41.1. The highest BCUT2D eigenvalue weighted by atomic mass is 79.9. The highest BCUT2D eigenvalue weighted by Crippen LogP contribution is 2.31. The summed E-state index contributed by atoms with van der Waals surface area (Å²) in [5.74, 6) is -0.560. The highest BCUT2D eigenvalue weighted by Gasteiger charge is 2.52. The number of carbonyl (C=O) groups is 3. The standard InChI is InChI=1S/C18H22BrN3O3/c1-12(15(23)21-9-4-3-5-10-21)22-16(24)18(2,20-17(22)25)13-7-6-8-14(19)11-13/h6-8,11-12H,3-5,9-10H2,1-2H3,(H,20,25)/t12-,18+/m1/s1. The van der Waals surface area contributed by atoms with E-state index in [0.29, 0.717) is 18.7 Å². The molecule has 6 nitrogen and oxygen atoms in total. The molecule has 4 amide bonds. The number of nitrogens with zero attached hydrogens (tertiary/aromatic N) is 2. The SMILES string of the molecule is C[C@H](C(=O)N1CCCCC1)N1C(=O)N[C@@](C)(c2cccc(Br)c2)C1=O. The van der Waals surface area contributed by atoms with Crippen LogP contribution in [0.1, 0.15) is 38.7 Å². The highest BCUT2D eigenvalue weighted by molar-refractivity contribution is 9.10. The lowest BCUT2D eigenvalue weighted by atomic mass is 9.92. The molecular weight excluding hydrogens is 386 g/mol. The fourth-order valence-corrected chi connectivity index (χ4v) is 3.90. The van der Waals surface area contributed by atoms with Gasteiger partial charge in [0.05, 0.1) is 0 Å². The quantitative estimate of drug-likeness (QED) is 0.782. The van der Waals surface area contributed by atoms with Crippen molar-refractivity contribution in [1.29, 1.82) is 0 Å². The van der Waals surface area contributed by atoms with Gasteiger partial charge in [0.2, 0.25) is 5.91 Å². The zero-order valence-corrected chi connectivity index (χ0v) is 16.0. The van der Waals surface area contributed by atoms with Crippen LogP contribution in [0.4, 0.5) is 4.79 Å². The van der Waals surface area contributed by atoms with Crippen LogP contribution in [0.25, 0.3) is 0 Å². The van der Waals surface area contributed by atoms with E-state index in [4.69, 9.17) is 0 Å². The smallest absolute Gasteiger partial charge is 0.326 e. The Balaban J connectivity index is 1.84. The van der Waals surface area contributed by atoms with Crippen LogP contribution < -0.4 is 5.32 Å². The molecule has 2 aliphatic rings. The van der Waals surface area contributed by atoms with Crippen LogP contribution >= 0.6 is 15.9 Å². The molecule has 1 N–H and O–H groups in total. The van der Waals surface area contributed by atoms with Crippen LogP contribution in [-0.2, 0) is 15.1 Å². The van der Waals surface area contributed by atoms with Gasteiger partial charge in [0.15, 0.2) is 0 Å². The average molecular weight is 408 g/mol. The number of urea groups is 1. The van der Waals surface area contributed by atoms with E-state index >= 15 is 0 Å². The number of benzene rings is 1. The van der Waals surface area contributed by atoms with Crippen molar-refractivity contribution in [2.75, 3.05) is 13.1 Å². The van der Waals surface area contributed by atoms with Gasteiger partial charge in [0.1, 0.15) is 11.6 Å². The lowest BCUT2D eigenvalue weighted by Crippen LogP contribution is -2.51. The van der Waals surface area contributed by atoms with E-state index in [9.17, 15) is 14.4 Å². The van der Waals surface area contributed by atoms with Crippen molar-refractivity contribution in [1.82, 2.24) is 15.1 Å². The zero-order chi connectivity index (χ0) is 18.2. The van der Waals surface area contributed by atoms with Crippen LogP contribution in [0, 0.1) is 0 Å². The van der Waals surface area contributed by atoms with Crippen LogP contribution in [0.2, 0.25) is 0 Å². The van der Waals surface area contributed by atoms with Crippen molar-refractivity contribution in [2.45, 2.75) is 44.7 Å². The first-order chi connectivity index (χ1) is 11.8. The summed E-state index contributed by atoms with van der Waals surface area (Å²) in [6.45, 7) is 4.68. The maximum absolute atomic E-state index is 13.0. The predicted octanol–water partition coefficient (Wildman–Crippen LogP) is 2.62. The van der Waals surface area contributed by atoms with Crippen molar-refractivity contribution in [3.63, 3.8) is 0 Å². The second-order valence-electron chi connectivity index (χ2n) is 6.80. The number of halogens is 1. The van der Waals surface area contributed by atoms with E-state index in [-0.39, 0.29) is 5.91 Å². The maximum Gasteiger partial charge on any atom is 0.326 e. The number of piperidine rings is 1. The largest absolute Gasteiger partial charge is 0.341 e. The summed E-state index contributed by atoms with van der Waals surface area (Å²) in [5, 5.41) is 2.76. The first-order valence-corrected chi connectivity index (χ1v) is 9.34. The Bertz CT molecular complexity index is 717. The fraction of sp³-hybridized carbons (Fsp3) is 0.500. The Labute approximate surface area is 155 Å². The van der Waals surface area contributed by atoms with Crippen molar-refractivity contribution in [3.05, 3.63) is 34.3 Å². The third kappa shape index (κ3) is 3.17. The van der Waals surface area contributed by atoms with E-state index in [1.807, 2.05) is 12.1 Å². The van der Waals surface area contributed by atoms with E-state index in [1.165, 1.54) is 0 Å². The minimum atomic E-state index is -1.17. The molecule has 134 valence electrons. The number of imide groups is 1. The molecule has 7 heteroatoms. The molecule has 0 aromatic heterocycles. The van der Waals surface area contributed by atoms with Crippen LogP contribution in [0.15, 0.2) is 28.7 Å². The summed E-state index contributed by atoms with van der Waals surface area (Å²) in [6, 6.07) is 5.94. The molecule has 1 aromatic carbocycles. The fourth-order valence-electron chi connectivity index (χ4n) is 3.50. The molecule has 25 heavy (non-hydrogen) atoms. The van der Waals surface area contributed by atoms with Crippen LogP contribution in [0.3, 0.4) is 0 Å². The molecule has 0 radical (unpaired) electrons. The second kappa shape index (κ2) is 6.78. The second-order valence-corrected chi connectivity index (χ2v) is 7.72. The average Bonchev–Trinajstić information content (AvgIpc) is 2.84. The first kappa shape index (κ1) is 17.9. The molecule has 2 fully saturated rings.